The SMILES string of the molecule is CC1(C(=O)O)CCN(C(=O)c2ccc(-n3cncn3)nc2)C1. The molecule has 3 rings (SSSR count). The Labute approximate surface area is 126 Å². The number of carbonyl (C=O) groups excluding carboxylic acids is 1. The standard InChI is InChI=1S/C14H15N5O3/c1-14(13(21)22)4-5-18(7-14)12(20)10-2-3-11(16-6-10)19-9-15-8-17-19/h2-3,6,8-9H,4-5,7H2,1H3,(H,21,22). The summed E-state index contributed by atoms with van der Waals surface area (Å²) < 4.78 is 1.49. The quantitative estimate of drug-likeness (QED) is 0.890. The van der Waals surface area contributed by atoms with Crippen molar-refractivity contribution in [3.05, 3.63) is 36.5 Å². The number of hydrogen-bond acceptors (Lipinski definition) is 5. The summed E-state index contributed by atoms with van der Waals surface area (Å²) in [4.78, 5) is 33.2. The maximum Gasteiger partial charge on any atom is 0.311 e. The van der Waals surface area contributed by atoms with E-state index in [1.165, 1.54) is 23.5 Å². The summed E-state index contributed by atoms with van der Waals surface area (Å²) >= 11 is 0. The summed E-state index contributed by atoms with van der Waals surface area (Å²) in [5, 5.41) is 13.2. The average molecular weight is 301 g/mol. The van der Waals surface area contributed by atoms with Gasteiger partial charge in [-0.2, -0.15) is 5.10 Å². The van der Waals surface area contributed by atoms with Gasteiger partial charge < -0.3 is 10.0 Å². The molecule has 1 saturated heterocycles. The van der Waals surface area contributed by atoms with Crippen LogP contribution in [0.5, 0.6) is 0 Å². The lowest BCUT2D eigenvalue weighted by Gasteiger charge is -2.20. The van der Waals surface area contributed by atoms with Crippen LogP contribution >= 0.6 is 0 Å². The number of nitrogens with zero attached hydrogens (tertiary/aromatic N) is 5. The fraction of sp³-hybridized carbons (Fsp3) is 0.357. The minimum absolute atomic E-state index is 0.206. The summed E-state index contributed by atoms with van der Waals surface area (Å²) in [6, 6.07) is 3.33. The maximum atomic E-state index is 12.4. The number of carbonyl (C=O) groups is 2. The van der Waals surface area contributed by atoms with Crippen molar-refractivity contribution in [2.24, 2.45) is 5.41 Å². The number of carboxylic acids is 1. The Morgan fingerprint density at radius 1 is 1.36 bits per heavy atom. The molecule has 22 heavy (non-hydrogen) atoms. The molecule has 8 heteroatoms. The third-order valence-corrected chi connectivity index (χ3v) is 3.93. The Morgan fingerprint density at radius 3 is 2.73 bits per heavy atom. The van der Waals surface area contributed by atoms with E-state index < -0.39 is 11.4 Å². The fourth-order valence-electron chi connectivity index (χ4n) is 2.47. The minimum atomic E-state index is -0.873. The largest absolute Gasteiger partial charge is 0.481 e. The molecule has 0 bridgehead atoms. The fourth-order valence-corrected chi connectivity index (χ4v) is 2.47. The van der Waals surface area contributed by atoms with Gasteiger partial charge in [0.25, 0.3) is 5.91 Å². The first-order valence-electron chi connectivity index (χ1n) is 6.83. The molecule has 1 aliphatic rings. The summed E-state index contributed by atoms with van der Waals surface area (Å²) in [6.07, 6.45) is 4.84. The molecule has 0 aromatic carbocycles. The number of rotatable bonds is 3. The van der Waals surface area contributed by atoms with Crippen LogP contribution in [0.2, 0.25) is 0 Å². The van der Waals surface area contributed by atoms with Gasteiger partial charge in [0.05, 0.1) is 11.0 Å². The number of hydrogen-bond donors (Lipinski definition) is 1. The lowest BCUT2D eigenvalue weighted by atomic mass is 9.90. The number of pyridine rings is 1. The molecule has 8 nitrogen and oxygen atoms in total. The van der Waals surface area contributed by atoms with Gasteiger partial charge in [0, 0.05) is 19.3 Å². The molecule has 1 aliphatic heterocycles. The molecule has 0 saturated carbocycles. The van der Waals surface area contributed by atoms with Crippen molar-refractivity contribution in [3.63, 3.8) is 0 Å². The number of amides is 1. The van der Waals surface area contributed by atoms with Gasteiger partial charge in [0.15, 0.2) is 5.82 Å². The summed E-state index contributed by atoms with van der Waals surface area (Å²) in [6.45, 7) is 2.31. The van der Waals surface area contributed by atoms with Crippen LogP contribution in [0, 0.1) is 5.41 Å². The Bertz CT molecular complexity index is 698. The monoisotopic (exact) mass is 301 g/mol. The van der Waals surface area contributed by atoms with E-state index in [1.54, 1.807) is 24.0 Å². The molecule has 114 valence electrons. The highest BCUT2D eigenvalue weighted by molar-refractivity contribution is 5.94. The van der Waals surface area contributed by atoms with Gasteiger partial charge in [-0.1, -0.05) is 0 Å². The lowest BCUT2D eigenvalue weighted by molar-refractivity contribution is -0.147. The predicted molar refractivity (Wildman–Crippen MR) is 75.4 cm³/mol. The van der Waals surface area contributed by atoms with E-state index >= 15 is 0 Å². The summed E-state index contributed by atoms with van der Waals surface area (Å²) in [5.41, 5.74) is -0.442. The van der Waals surface area contributed by atoms with E-state index in [0.717, 1.165) is 0 Å². The maximum absolute atomic E-state index is 12.4. The van der Waals surface area contributed by atoms with E-state index in [4.69, 9.17) is 0 Å². The third-order valence-electron chi connectivity index (χ3n) is 3.93. The zero-order chi connectivity index (χ0) is 15.7. The van der Waals surface area contributed by atoms with Crippen molar-refractivity contribution in [1.82, 2.24) is 24.6 Å². The second-order valence-electron chi connectivity index (χ2n) is 5.59. The van der Waals surface area contributed by atoms with E-state index in [0.29, 0.717) is 24.3 Å². The normalized spacial score (nSPS) is 21.0. The first-order valence-corrected chi connectivity index (χ1v) is 6.83. The van der Waals surface area contributed by atoms with Crippen molar-refractivity contribution < 1.29 is 14.7 Å². The molecule has 0 radical (unpaired) electrons. The molecule has 1 N–H and O–H groups in total. The van der Waals surface area contributed by atoms with Crippen LogP contribution in [0.1, 0.15) is 23.7 Å². The highest BCUT2D eigenvalue weighted by Gasteiger charge is 2.42. The summed E-state index contributed by atoms with van der Waals surface area (Å²) in [5.74, 6) is -0.518. The molecule has 2 aromatic heterocycles. The molecule has 0 spiro atoms. The zero-order valence-electron chi connectivity index (χ0n) is 12.0. The van der Waals surface area contributed by atoms with E-state index in [9.17, 15) is 14.7 Å². The van der Waals surface area contributed by atoms with Crippen LogP contribution in [0.25, 0.3) is 5.82 Å². The van der Waals surface area contributed by atoms with Crippen LogP contribution < -0.4 is 0 Å². The van der Waals surface area contributed by atoms with Gasteiger partial charge in [-0.25, -0.2) is 14.6 Å². The van der Waals surface area contributed by atoms with Crippen LogP contribution in [0.15, 0.2) is 31.0 Å². The van der Waals surface area contributed by atoms with Crippen molar-refractivity contribution in [2.75, 3.05) is 13.1 Å². The van der Waals surface area contributed by atoms with Gasteiger partial charge in [-0.05, 0) is 25.5 Å². The number of likely N-dealkylation sites (tertiary alicyclic amines) is 1. The van der Waals surface area contributed by atoms with Gasteiger partial charge in [0.2, 0.25) is 0 Å². The first kappa shape index (κ1) is 14.2. The highest BCUT2D eigenvalue weighted by Crippen LogP contribution is 2.30. The molecule has 1 fully saturated rings. The molecule has 1 atom stereocenters. The van der Waals surface area contributed by atoms with Crippen LogP contribution in [-0.2, 0) is 4.79 Å². The first-order chi connectivity index (χ1) is 10.5. The molecule has 0 aliphatic carbocycles. The second kappa shape index (κ2) is 5.21. The van der Waals surface area contributed by atoms with Crippen molar-refractivity contribution >= 4 is 11.9 Å². The predicted octanol–water partition coefficient (Wildman–Crippen LogP) is 0.599. The number of aromatic nitrogens is 4. The van der Waals surface area contributed by atoms with E-state index in [-0.39, 0.29) is 12.5 Å². The van der Waals surface area contributed by atoms with E-state index in [2.05, 4.69) is 15.1 Å². The lowest BCUT2D eigenvalue weighted by Crippen LogP contribution is -2.34. The van der Waals surface area contributed by atoms with Crippen molar-refractivity contribution in [3.8, 4) is 5.82 Å². The summed E-state index contributed by atoms with van der Waals surface area (Å²) in [7, 11) is 0. The van der Waals surface area contributed by atoms with Gasteiger partial charge in [-0.3, -0.25) is 9.59 Å². The molecule has 1 unspecified atom stereocenters. The molecule has 1 amide bonds. The van der Waals surface area contributed by atoms with Gasteiger partial charge in [-0.15, -0.1) is 0 Å². The molecule has 3 heterocycles. The van der Waals surface area contributed by atoms with Crippen molar-refractivity contribution in [1.29, 1.82) is 0 Å². The third kappa shape index (κ3) is 2.43. The highest BCUT2D eigenvalue weighted by atomic mass is 16.4. The molecule has 2 aromatic rings. The molecular formula is C14H15N5O3. The Kier molecular flexibility index (Phi) is 3.36. The van der Waals surface area contributed by atoms with Crippen LogP contribution in [-0.4, -0.2) is 54.7 Å². The van der Waals surface area contributed by atoms with Gasteiger partial charge in [0.1, 0.15) is 12.7 Å². The van der Waals surface area contributed by atoms with E-state index in [1.807, 2.05) is 0 Å². The smallest absolute Gasteiger partial charge is 0.311 e. The second-order valence-corrected chi connectivity index (χ2v) is 5.59. The van der Waals surface area contributed by atoms with Gasteiger partial charge >= 0.3 is 5.97 Å². The molecular weight excluding hydrogens is 286 g/mol. The van der Waals surface area contributed by atoms with Crippen LogP contribution in [0.4, 0.5) is 0 Å². The van der Waals surface area contributed by atoms with Crippen molar-refractivity contribution in [2.45, 2.75) is 13.3 Å². The minimum Gasteiger partial charge on any atom is -0.481 e. The topological polar surface area (TPSA) is 101 Å². The zero-order valence-corrected chi connectivity index (χ0v) is 12.0. The number of aliphatic carboxylic acids is 1. The number of carboxylic acid groups (broad SMARTS) is 1. The average Bonchev–Trinajstić information content (AvgIpc) is 3.17. The Morgan fingerprint density at radius 2 is 2.18 bits per heavy atom. The van der Waals surface area contributed by atoms with Crippen LogP contribution in [0.3, 0.4) is 0 Å². The Balaban J connectivity index is 1.75. The Hall–Kier alpha value is -2.77.